The summed E-state index contributed by atoms with van der Waals surface area (Å²) in [5, 5.41) is 2.85. The van der Waals surface area contributed by atoms with Gasteiger partial charge in [0.1, 0.15) is 0 Å². The number of rotatable bonds is 1. The maximum absolute atomic E-state index is 2.48. The Morgan fingerprint density at radius 1 is 1.12 bits per heavy atom. The highest BCUT2D eigenvalue weighted by atomic mass is 15.2. The zero-order chi connectivity index (χ0) is 11.5. The summed E-state index contributed by atoms with van der Waals surface area (Å²) < 4.78 is 0. The van der Waals surface area contributed by atoms with Crippen molar-refractivity contribution in [2.45, 2.75) is 11.8 Å². The Balaban J connectivity index is 1.92. The Hall–Kier alpha value is -1.34. The van der Waals surface area contributed by atoms with E-state index >= 15 is 0 Å². The third kappa shape index (κ3) is 1.23. The molecule has 86 valence electrons. The SMILES string of the molecule is CN1C[C@@H]2C[C@@]2(c2cccc3ccccc23)C1. The van der Waals surface area contributed by atoms with Crippen molar-refractivity contribution < 1.29 is 0 Å². The van der Waals surface area contributed by atoms with Gasteiger partial charge >= 0.3 is 0 Å². The highest BCUT2D eigenvalue weighted by molar-refractivity contribution is 5.87. The van der Waals surface area contributed by atoms with Crippen LogP contribution in [0.1, 0.15) is 12.0 Å². The van der Waals surface area contributed by atoms with Gasteiger partial charge in [0.2, 0.25) is 0 Å². The van der Waals surface area contributed by atoms with E-state index in [-0.39, 0.29) is 0 Å². The highest BCUT2D eigenvalue weighted by Gasteiger charge is 2.60. The number of likely N-dealkylation sites (N-methyl/N-ethyl adjacent to an activating group) is 1. The van der Waals surface area contributed by atoms with Crippen LogP contribution in [0.25, 0.3) is 10.8 Å². The first-order chi connectivity index (χ1) is 8.29. The number of fused-ring (bicyclic) bond motifs is 2. The van der Waals surface area contributed by atoms with Crippen LogP contribution in [0.5, 0.6) is 0 Å². The summed E-state index contributed by atoms with van der Waals surface area (Å²) in [4.78, 5) is 2.48. The molecule has 2 aliphatic rings. The van der Waals surface area contributed by atoms with E-state index < -0.39 is 0 Å². The van der Waals surface area contributed by atoms with Crippen molar-refractivity contribution >= 4 is 10.8 Å². The molecule has 17 heavy (non-hydrogen) atoms. The van der Waals surface area contributed by atoms with Gasteiger partial charge in [0.15, 0.2) is 0 Å². The van der Waals surface area contributed by atoms with Gasteiger partial charge in [-0.1, -0.05) is 42.5 Å². The third-order valence-electron chi connectivity index (χ3n) is 4.64. The highest BCUT2D eigenvalue weighted by Crippen LogP contribution is 2.59. The lowest BCUT2D eigenvalue weighted by Crippen LogP contribution is -2.22. The molecule has 1 heteroatoms. The molecule has 2 atom stereocenters. The number of piperidine rings is 1. The maximum atomic E-state index is 2.48. The van der Waals surface area contributed by atoms with Gasteiger partial charge in [0.05, 0.1) is 0 Å². The van der Waals surface area contributed by atoms with E-state index in [9.17, 15) is 0 Å². The second-order valence-corrected chi connectivity index (χ2v) is 5.78. The summed E-state index contributed by atoms with van der Waals surface area (Å²) in [6, 6.07) is 15.6. The van der Waals surface area contributed by atoms with Gasteiger partial charge in [-0.2, -0.15) is 0 Å². The van der Waals surface area contributed by atoms with Gasteiger partial charge in [-0.3, -0.25) is 0 Å². The fraction of sp³-hybridized carbons (Fsp3) is 0.375. The molecule has 0 amide bonds. The number of nitrogens with zero attached hydrogens (tertiary/aromatic N) is 1. The molecule has 0 spiro atoms. The monoisotopic (exact) mass is 223 g/mol. The minimum Gasteiger partial charge on any atom is -0.305 e. The van der Waals surface area contributed by atoms with Gasteiger partial charge < -0.3 is 4.90 Å². The van der Waals surface area contributed by atoms with Crippen molar-refractivity contribution in [3.63, 3.8) is 0 Å². The van der Waals surface area contributed by atoms with Crippen LogP contribution in [0, 0.1) is 5.92 Å². The van der Waals surface area contributed by atoms with Crippen LogP contribution in [-0.2, 0) is 5.41 Å². The molecule has 1 aliphatic heterocycles. The van der Waals surface area contributed by atoms with Crippen LogP contribution in [0.4, 0.5) is 0 Å². The quantitative estimate of drug-likeness (QED) is 0.718. The lowest BCUT2D eigenvalue weighted by Gasteiger charge is -2.18. The third-order valence-corrected chi connectivity index (χ3v) is 4.64. The largest absolute Gasteiger partial charge is 0.305 e. The van der Waals surface area contributed by atoms with Gasteiger partial charge in [-0.25, -0.2) is 0 Å². The molecule has 1 nitrogen and oxygen atoms in total. The zero-order valence-corrected chi connectivity index (χ0v) is 10.2. The molecule has 0 bridgehead atoms. The lowest BCUT2D eigenvalue weighted by atomic mass is 9.90. The Labute approximate surface area is 102 Å². The minimum absolute atomic E-state index is 0.482. The fourth-order valence-electron chi connectivity index (χ4n) is 3.81. The standard InChI is InChI=1S/C16H17N/c1-17-10-13-9-16(13,11-17)15-8-4-6-12-5-2-3-7-14(12)15/h2-8,13H,9-11H2,1H3/t13-,16+/m0/s1. The Kier molecular flexibility index (Phi) is 1.77. The first kappa shape index (κ1) is 9.67. The number of hydrogen-bond acceptors (Lipinski definition) is 1. The summed E-state index contributed by atoms with van der Waals surface area (Å²) in [6.07, 6.45) is 1.39. The zero-order valence-electron chi connectivity index (χ0n) is 10.2. The molecule has 2 aromatic rings. The van der Waals surface area contributed by atoms with E-state index in [1.165, 1.54) is 30.3 Å². The summed E-state index contributed by atoms with van der Waals surface area (Å²) >= 11 is 0. The van der Waals surface area contributed by atoms with Crippen molar-refractivity contribution in [1.82, 2.24) is 4.90 Å². The molecule has 4 rings (SSSR count). The van der Waals surface area contributed by atoms with Crippen LogP contribution < -0.4 is 0 Å². The van der Waals surface area contributed by atoms with E-state index in [4.69, 9.17) is 0 Å². The molecule has 2 aromatic carbocycles. The second-order valence-electron chi connectivity index (χ2n) is 5.78. The van der Waals surface area contributed by atoms with Crippen LogP contribution in [-0.4, -0.2) is 25.0 Å². The predicted octanol–water partition coefficient (Wildman–Crippen LogP) is 3.04. The molecule has 0 unspecified atom stereocenters. The van der Waals surface area contributed by atoms with Crippen LogP contribution in [0.3, 0.4) is 0 Å². The first-order valence-corrected chi connectivity index (χ1v) is 6.46. The molecule has 0 radical (unpaired) electrons. The Morgan fingerprint density at radius 3 is 2.76 bits per heavy atom. The average molecular weight is 223 g/mol. The van der Waals surface area contributed by atoms with Crippen molar-refractivity contribution in [3.8, 4) is 0 Å². The first-order valence-electron chi connectivity index (χ1n) is 6.46. The van der Waals surface area contributed by atoms with Gasteiger partial charge in [-0.05, 0) is 35.7 Å². The van der Waals surface area contributed by atoms with Crippen molar-refractivity contribution in [2.24, 2.45) is 5.92 Å². The molecular weight excluding hydrogens is 206 g/mol. The average Bonchev–Trinajstić information content (AvgIpc) is 2.92. The summed E-state index contributed by atoms with van der Waals surface area (Å²) in [5.41, 5.74) is 2.07. The van der Waals surface area contributed by atoms with Crippen LogP contribution >= 0.6 is 0 Å². The molecule has 1 heterocycles. The molecule has 2 fully saturated rings. The molecule has 1 aliphatic carbocycles. The second kappa shape index (κ2) is 3.11. The molecule has 1 saturated heterocycles. The van der Waals surface area contributed by atoms with Crippen LogP contribution in [0.15, 0.2) is 42.5 Å². The maximum Gasteiger partial charge on any atom is 0.0130 e. The van der Waals surface area contributed by atoms with Crippen molar-refractivity contribution in [3.05, 3.63) is 48.0 Å². The van der Waals surface area contributed by atoms with Gasteiger partial charge in [-0.15, -0.1) is 0 Å². The van der Waals surface area contributed by atoms with E-state index in [2.05, 4.69) is 54.4 Å². The molecule has 0 N–H and O–H groups in total. The number of likely N-dealkylation sites (tertiary alicyclic amines) is 1. The minimum atomic E-state index is 0.482. The molecule has 0 aromatic heterocycles. The Bertz CT molecular complexity index is 584. The smallest absolute Gasteiger partial charge is 0.0130 e. The topological polar surface area (TPSA) is 3.24 Å². The van der Waals surface area contributed by atoms with E-state index in [0.29, 0.717) is 5.41 Å². The summed E-state index contributed by atoms with van der Waals surface area (Å²) in [7, 11) is 2.25. The molecule has 1 saturated carbocycles. The number of benzene rings is 2. The normalized spacial score (nSPS) is 31.7. The van der Waals surface area contributed by atoms with Crippen molar-refractivity contribution in [2.75, 3.05) is 20.1 Å². The van der Waals surface area contributed by atoms with Gasteiger partial charge in [0.25, 0.3) is 0 Å². The fourth-order valence-corrected chi connectivity index (χ4v) is 3.81. The van der Waals surface area contributed by atoms with Crippen LogP contribution in [0.2, 0.25) is 0 Å². The van der Waals surface area contributed by atoms with E-state index in [1.807, 2.05) is 0 Å². The lowest BCUT2D eigenvalue weighted by molar-refractivity contribution is 0.364. The summed E-state index contributed by atoms with van der Waals surface area (Å²) in [6.45, 7) is 2.52. The summed E-state index contributed by atoms with van der Waals surface area (Å²) in [5.74, 6) is 0.901. The predicted molar refractivity (Wildman–Crippen MR) is 71.2 cm³/mol. The van der Waals surface area contributed by atoms with E-state index in [0.717, 1.165) is 5.92 Å². The number of hydrogen-bond donors (Lipinski definition) is 0. The molecular formula is C16H17N. The Morgan fingerprint density at radius 2 is 1.94 bits per heavy atom. The van der Waals surface area contributed by atoms with Gasteiger partial charge in [0, 0.05) is 18.5 Å². The van der Waals surface area contributed by atoms with Crippen molar-refractivity contribution in [1.29, 1.82) is 0 Å². The van der Waals surface area contributed by atoms with E-state index in [1.54, 1.807) is 5.56 Å².